The maximum Gasteiger partial charge on any atom is 0.267 e. The van der Waals surface area contributed by atoms with Gasteiger partial charge >= 0.3 is 0 Å². The van der Waals surface area contributed by atoms with Gasteiger partial charge in [0, 0.05) is 31.2 Å². The Morgan fingerprint density at radius 3 is 2.67 bits per heavy atom. The number of sulfonamides is 1. The van der Waals surface area contributed by atoms with Crippen molar-refractivity contribution in [3.05, 3.63) is 30.9 Å². The first kappa shape index (κ1) is 15.4. The largest absolute Gasteiger partial charge is 0.313 e. The normalized spacial score (nSPS) is 11.8. The van der Waals surface area contributed by atoms with E-state index in [2.05, 4.69) is 25.1 Å². The summed E-state index contributed by atoms with van der Waals surface area (Å²) in [6.45, 7) is 5.40. The Balaban J connectivity index is 2.02. The van der Waals surface area contributed by atoms with Crippen LogP contribution in [-0.4, -0.2) is 40.8 Å². The molecule has 0 aromatic carbocycles. The molecule has 2 rings (SSSR count). The highest BCUT2D eigenvalue weighted by Crippen LogP contribution is 2.11. The summed E-state index contributed by atoms with van der Waals surface area (Å²) >= 11 is 0. The van der Waals surface area contributed by atoms with Crippen LogP contribution in [0.2, 0.25) is 0 Å². The van der Waals surface area contributed by atoms with Crippen molar-refractivity contribution >= 4 is 16.0 Å². The Morgan fingerprint density at radius 1 is 1.29 bits per heavy atom. The van der Waals surface area contributed by atoms with Crippen LogP contribution in [-0.2, 0) is 16.6 Å². The van der Waals surface area contributed by atoms with Crippen LogP contribution < -0.4 is 10.0 Å². The Kier molecular flexibility index (Phi) is 4.86. The molecule has 0 aliphatic heterocycles. The van der Waals surface area contributed by atoms with Crippen molar-refractivity contribution in [2.75, 3.05) is 11.3 Å². The van der Waals surface area contributed by atoms with Gasteiger partial charge in [-0.15, -0.1) is 0 Å². The van der Waals surface area contributed by atoms with Gasteiger partial charge in [0.2, 0.25) is 5.95 Å². The second-order valence-corrected chi connectivity index (χ2v) is 6.41. The molecule has 0 radical (unpaired) electrons. The van der Waals surface area contributed by atoms with Gasteiger partial charge in [0.1, 0.15) is 4.90 Å². The zero-order valence-corrected chi connectivity index (χ0v) is 12.7. The molecule has 2 N–H and O–H groups in total. The van der Waals surface area contributed by atoms with E-state index < -0.39 is 10.0 Å². The lowest BCUT2D eigenvalue weighted by Crippen LogP contribution is -2.26. The summed E-state index contributed by atoms with van der Waals surface area (Å²) in [5.74, 6) is 0.0340. The molecular formula is C12H18N6O2S. The minimum atomic E-state index is -3.71. The number of hydrogen-bond donors (Lipinski definition) is 2. The van der Waals surface area contributed by atoms with Crippen LogP contribution in [0.1, 0.15) is 13.8 Å². The summed E-state index contributed by atoms with van der Waals surface area (Å²) in [6, 6.07) is 1.98. The topological polar surface area (TPSA) is 102 Å². The first-order valence-corrected chi connectivity index (χ1v) is 8.01. The van der Waals surface area contributed by atoms with Crippen molar-refractivity contribution in [1.82, 2.24) is 25.1 Å². The molecule has 9 heteroatoms. The number of rotatable bonds is 7. The van der Waals surface area contributed by atoms with Crippen LogP contribution in [0, 0.1) is 0 Å². The van der Waals surface area contributed by atoms with Crippen molar-refractivity contribution in [2.24, 2.45) is 0 Å². The third kappa shape index (κ3) is 4.50. The van der Waals surface area contributed by atoms with Crippen molar-refractivity contribution < 1.29 is 8.42 Å². The van der Waals surface area contributed by atoms with Gasteiger partial charge in [0.25, 0.3) is 10.0 Å². The fourth-order valence-corrected chi connectivity index (χ4v) is 2.51. The van der Waals surface area contributed by atoms with Crippen LogP contribution in [0.25, 0.3) is 0 Å². The highest BCUT2D eigenvalue weighted by molar-refractivity contribution is 7.92. The van der Waals surface area contributed by atoms with Crippen molar-refractivity contribution in [3.8, 4) is 0 Å². The quantitative estimate of drug-likeness (QED) is 0.771. The summed E-state index contributed by atoms with van der Waals surface area (Å²) in [5, 5.41) is 7.27. The van der Waals surface area contributed by atoms with Gasteiger partial charge in [-0.2, -0.15) is 5.10 Å². The molecule has 21 heavy (non-hydrogen) atoms. The van der Waals surface area contributed by atoms with E-state index in [1.165, 1.54) is 24.8 Å². The molecule has 0 spiro atoms. The lowest BCUT2D eigenvalue weighted by molar-refractivity contribution is 0.515. The lowest BCUT2D eigenvalue weighted by atomic mass is 10.4. The van der Waals surface area contributed by atoms with E-state index >= 15 is 0 Å². The summed E-state index contributed by atoms with van der Waals surface area (Å²) in [5.41, 5.74) is 0. The molecule has 0 saturated carbocycles. The molecule has 2 aromatic rings. The standard InChI is InChI=1S/C12H18N6O2S/c1-10(2)13-6-7-18-9-11(8-16-18)21(19,20)17-12-14-4-3-5-15-12/h3-5,8-10,13H,6-7H2,1-2H3,(H,14,15,17). The average Bonchev–Trinajstić information content (AvgIpc) is 2.88. The van der Waals surface area contributed by atoms with Gasteiger partial charge in [0.15, 0.2) is 0 Å². The smallest absolute Gasteiger partial charge is 0.267 e. The minimum Gasteiger partial charge on any atom is -0.313 e. The molecule has 0 saturated heterocycles. The Bertz CT molecular complexity index is 668. The van der Waals surface area contributed by atoms with Gasteiger partial charge in [-0.25, -0.2) is 23.1 Å². The molecule has 0 aliphatic rings. The average molecular weight is 310 g/mol. The SMILES string of the molecule is CC(C)NCCn1cc(S(=O)(=O)Nc2ncccn2)cn1. The van der Waals surface area contributed by atoms with Crippen molar-refractivity contribution in [1.29, 1.82) is 0 Å². The first-order chi connectivity index (χ1) is 9.97. The van der Waals surface area contributed by atoms with Crippen LogP contribution in [0.4, 0.5) is 5.95 Å². The third-order valence-electron chi connectivity index (χ3n) is 2.60. The predicted octanol–water partition coefficient (Wildman–Crippen LogP) is 0.472. The Morgan fingerprint density at radius 2 is 2.00 bits per heavy atom. The highest BCUT2D eigenvalue weighted by Gasteiger charge is 2.17. The molecular weight excluding hydrogens is 292 g/mol. The molecule has 0 aliphatic carbocycles. The molecule has 2 heterocycles. The zero-order chi connectivity index (χ0) is 15.3. The summed E-state index contributed by atoms with van der Waals surface area (Å²) in [6.07, 6.45) is 5.71. The van der Waals surface area contributed by atoms with Crippen LogP contribution >= 0.6 is 0 Å². The first-order valence-electron chi connectivity index (χ1n) is 6.53. The van der Waals surface area contributed by atoms with Gasteiger partial charge < -0.3 is 5.32 Å². The van der Waals surface area contributed by atoms with E-state index in [9.17, 15) is 8.42 Å². The van der Waals surface area contributed by atoms with E-state index in [0.717, 1.165) is 0 Å². The molecule has 0 bridgehead atoms. The van der Waals surface area contributed by atoms with Crippen LogP contribution in [0.3, 0.4) is 0 Å². The van der Waals surface area contributed by atoms with Gasteiger partial charge in [-0.05, 0) is 6.07 Å². The minimum absolute atomic E-state index is 0.0340. The molecule has 8 nitrogen and oxygen atoms in total. The van der Waals surface area contributed by atoms with Crippen molar-refractivity contribution in [2.45, 2.75) is 31.3 Å². The molecule has 0 amide bonds. The summed E-state index contributed by atoms with van der Waals surface area (Å²) in [7, 11) is -3.71. The van der Waals surface area contributed by atoms with E-state index in [1.54, 1.807) is 10.7 Å². The number of nitrogens with zero attached hydrogens (tertiary/aromatic N) is 4. The second kappa shape index (κ2) is 6.64. The highest BCUT2D eigenvalue weighted by atomic mass is 32.2. The molecule has 0 unspecified atom stereocenters. The van der Waals surface area contributed by atoms with E-state index in [1.807, 2.05) is 13.8 Å². The maximum atomic E-state index is 12.1. The van der Waals surface area contributed by atoms with Gasteiger partial charge in [0.05, 0.1) is 12.7 Å². The number of anilines is 1. The zero-order valence-electron chi connectivity index (χ0n) is 11.9. The number of hydrogen-bond acceptors (Lipinski definition) is 6. The lowest BCUT2D eigenvalue weighted by Gasteiger charge is -2.07. The summed E-state index contributed by atoms with van der Waals surface area (Å²) in [4.78, 5) is 7.74. The Labute approximate surface area is 123 Å². The van der Waals surface area contributed by atoms with E-state index in [-0.39, 0.29) is 10.8 Å². The van der Waals surface area contributed by atoms with Gasteiger partial charge in [-0.1, -0.05) is 13.8 Å². The van der Waals surface area contributed by atoms with Crippen LogP contribution in [0.15, 0.2) is 35.7 Å². The molecule has 2 aromatic heterocycles. The fraction of sp³-hybridized carbons (Fsp3) is 0.417. The molecule has 114 valence electrons. The molecule has 0 atom stereocenters. The Hall–Kier alpha value is -2.00. The van der Waals surface area contributed by atoms with E-state index in [0.29, 0.717) is 19.1 Å². The fourth-order valence-electron chi connectivity index (χ4n) is 1.60. The van der Waals surface area contributed by atoms with Gasteiger partial charge in [-0.3, -0.25) is 4.68 Å². The third-order valence-corrected chi connectivity index (χ3v) is 3.89. The second-order valence-electron chi connectivity index (χ2n) is 4.73. The molecule has 0 fully saturated rings. The monoisotopic (exact) mass is 310 g/mol. The maximum absolute atomic E-state index is 12.1. The van der Waals surface area contributed by atoms with E-state index in [4.69, 9.17) is 0 Å². The number of nitrogens with one attached hydrogen (secondary N) is 2. The van der Waals surface area contributed by atoms with Crippen LogP contribution in [0.5, 0.6) is 0 Å². The van der Waals surface area contributed by atoms with Crippen molar-refractivity contribution in [3.63, 3.8) is 0 Å². The predicted molar refractivity (Wildman–Crippen MR) is 78.2 cm³/mol. The summed E-state index contributed by atoms with van der Waals surface area (Å²) < 4.78 is 28.2. The number of aromatic nitrogens is 4.